The molecule has 2 rings (SSSR count). The van der Waals surface area contributed by atoms with Crippen LogP contribution in [-0.2, 0) is 6.42 Å². The molecule has 0 aliphatic carbocycles. The van der Waals surface area contributed by atoms with E-state index in [0.717, 1.165) is 30.4 Å². The molecule has 1 aromatic rings. The van der Waals surface area contributed by atoms with Crippen molar-refractivity contribution >= 4 is 11.6 Å². The van der Waals surface area contributed by atoms with Gasteiger partial charge in [-0.3, -0.25) is 0 Å². The third-order valence-corrected chi connectivity index (χ3v) is 3.18. The van der Waals surface area contributed by atoms with Gasteiger partial charge in [-0.1, -0.05) is 6.92 Å². The van der Waals surface area contributed by atoms with E-state index in [1.54, 1.807) is 0 Å². The number of aryl methyl sites for hydroxylation is 1. The molecular weight excluding hydrogens is 200 g/mol. The SMILES string of the molecule is CCc1nc(NC)cc(N2CCCC2C)n1. The van der Waals surface area contributed by atoms with E-state index < -0.39 is 0 Å². The Kier molecular flexibility index (Phi) is 3.27. The number of nitrogens with one attached hydrogen (secondary N) is 1. The molecule has 1 aromatic heterocycles. The molecule has 1 atom stereocenters. The van der Waals surface area contributed by atoms with Gasteiger partial charge in [0.25, 0.3) is 0 Å². The average Bonchev–Trinajstić information content (AvgIpc) is 2.74. The van der Waals surface area contributed by atoms with E-state index >= 15 is 0 Å². The Labute approximate surface area is 97.1 Å². The molecule has 0 amide bonds. The van der Waals surface area contributed by atoms with Crippen molar-refractivity contribution in [2.45, 2.75) is 39.2 Å². The molecule has 0 aromatic carbocycles. The molecule has 0 spiro atoms. The molecule has 4 nitrogen and oxygen atoms in total. The van der Waals surface area contributed by atoms with Crippen molar-refractivity contribution in [3.05, 3.63) is 11.9 Å². The first kappa shape index (κ1) is 11.2. The van der Waals surface area contributed by atoms with Crippen molar-refractivity contribution in [3.63, 3.8) is 0 Å². The predicted molar refractivity (Wildman–Crippen MR) is 67.0 cm³/mol. The molecule has 16 heavy (non-hydrogen) atoms. The van der Waals surface area contributed by atoms with Crippen LogP contribution < -0.4 is 10.2 Å². The van der Waals surface area contributed by atoms with E-state index in [9.17, 15) is 0 Å². The molecule has 0 bridgehead atoms. The van der Waals surface area contributed by atoms with Gasteiger partial charge in [-0.05, 0) is 19.8 Å². The Bertz CT molecular complexity index is 342. The van der Waals surface area contributed by atoms with Crippen LogP contribution in [0.15, 0.2) is 6.07 Å². The first-order valence-electron chi connectivity index (χ1n) is 6.07. The largest absolute Gasteiger partial charge is 0.373 e. The van der Waals surface area contributed by atoms with E-state index in [2.05, 4.69) is 34.0 Å². The number of anilines is 2. The highest BCUT2D eigenvalue weighted by molar-refractivity contribution is 5.50. The summed E-state index contributed by atoms with van der Waals surface area (Å²) in [5.41, 5.74) is 0. The van der Waals surface area contributed by atoms with Crippen molar-refractivity contribution in [2.24, 2.45) is 0 Å². The first-order chi connectivity index (χ1) is 7.74. The third kappa shape index (κ3) is 2.10. The van der Waals surface area contributed by atoms with Crippen LogP contribution in [0.3, 0.4) is 0 Å². The van der Waals surface area contributed by atoms with Crippen LogP contribution in [0.25, 0.3) is 0 Å². The summed E-state index contributed by atoms with van der Waals surface area (Å²) in [7, 11) is 1.90. The predicted octanol–water partition coefficient (Wildman–Crippen LogP) is 2.07. The van der Waals surface area contributed by atoms with Crippen LogP contribution >= 0.6 is 0 Å². The summed E-state index contributed by atoms with van der Waals surface area (Å²) in [4.78, 5) is 11.4. The Morgan fingerprint density at radius 3 is 2.88 bits per heavy atom. The second-order valence-corrected chi connectivity index (χ2v) is 4.32. The Balaban J connectivity index is 2.31. The van der Waals surface area contributed by atoms with Gasteiger partial charge in [-0.2, -0.15) is 0 Å². The van der Waals surface area contributed by atoms with Crippen molar-refractivity contribution < 1.29 is 0 Å². The normalized spacial score (nSPS) is 20.2. The molecule has 1 aliphatic heterocycles. The molecule has 0 radical (unpaired) electrons. The van der Waals surface area contributed by atoms with Gasteiger partial charge in [0, 0.05) is 32.1 Å². The minimum absolute atomic E-state index is 0.601. The van der Waals surface area contributed by atoms with E-state index in [1.807, 2.05) is 13.1 Å². The maximum atomic E-state index is 4.61. The van der Waals surface area contributed by atoms with Crippen molar-refractivity contribution in [3.8, 4) is 0 Å². The van der Waals surface area contributed by atoms with Crippen LogP contribution in [0.1, 0.15) is 32.5 Å². The Morgan fingerprint density at radius 1 is 1.50 bits per heavy atom. The zero-order valence-electron chi connectivity index (χ0n) is 10.3. The van der Waals surface area contributed by atoms with Gasteiger partial charge in [0.2, 0.25) is 0 Å². The fourth-order valence-corrected chi connectivity index (χ4v) is 2.19. The molecule has 1 unspecified atom stereocenters. The molecule has 4 heteroatoms. The van der Waals surface area contributed by atoms with Gasteiger partial charge in [0.1, 0.15) is 17.5 Å². The molecule has 1 N–H and O–H groups in total. The molecule has 1 aliphatic rings. The lowest BCUT2D eigenvalue weighted by molar-refractivity contribution is 0.722. The lowest BCUT2D eigenvalue weighted by Crippen LogP contribution is -2.27. The highest BCUT2D eigenvalue weighted by Gasteiger charge is 2.22. The third-order valence-electron chi connectivity index (χ3n) is 3.18. The van der Waals surface area contributed by atoms with Gasteiger partial charge < -0.3 is 10.2 Å². The monoisotopic (exact) mass is 220 g/mol. The molecule has 2 heterocycles. The summed E-state index contributed by atoms with van der Waals surface area (Å²) in [6.45, 7) is 5.47. The van der Waals surface area contributed by atoms with Gasteiger partial charge in [-0.15, -0.1) is 0 Å². The van der Waals surface area contributed by atoms with Gasteiger partial charge >= 0.3 is 0 Å². The number of hydrogen-bond donors (Lipinski definition) is 1. The van der Waals surface area contributed by atoms with E-state index in [1.165, 1.54) is 12.8 Å². The summed E-state index contributed by atoms with van der Waals surface area (Å²) in [5.74, 6) is 2.91. The zero-order chi connectivity index (χ0) is 11.5. The molecule has 1 fully saturated rings. The lowest BCUT2D eigenvalue weighted by Gasteiger charge is -2.23. The fourth-order valence-electron chi connectivity index (χ4n) is 2.19. The molecular formula is C12H20N4. The van der Waals surface area contributed by atoms with Crippen LogP contribution in [-0.4, -0.2) is 29.6 Å². The Hall–Kier alpha value is -1.32. The molecule has 1 saturated heterocycles. The fraction of sp³-hybridized carbons (Fsp3) is 0.667. The minimum Gasteiger partial charge on any atom is -0.373 e. The van der Waals surface area contributed by atoms with E-state index in [-0.39, 0.29) is 0 Å². The van der Waals surface area contributed by atoms with Gasteiger partial charge in [-0.25, -0.2) is 9.97 Å². The second kappa shape index (κ2) is 4.68. The standard InChI is InChI=1S/C12H20N4/c1-4-10-14-11(13-3)8-12(15-10)16-7-5-6-9(16)2/h8-9H,4-7H2,1-3H3,(H,13,14,15). The van der Waals surface area contributed by atoms with Crippen LogP contribution in [0.5, 0.6) is 0 Å². The van der Waals surface area contributed by atoms with Crippen molar-refractivity contribution in [1.82, 2.24) is 9.97 Å². The summed E-state index contributed by atoms with van der Waals surface area (Å²) in [6.07, 6.45) is 3.41. The van der Waals surface area contributed by atoms with Crippen molar-refractivity contribution in [2.75, 3.05) is 23.8 Å². The average molecular weight is 220 g/mol. The maximum Gasteiger partial charge on any atom is 0.134 e. The maximum absolute atomic E-state index is 4.61. The number of rotatable bonds is 3. The summed E-state index contributed by atoms with van der Waals surface area (Å²) >= 11 is 0. The van der Waals surface area contributed by atoms with Crippen LogP contribution in [0, 0.1) is 0 Å². The zero-order valence-corrected chi connectivity index (χ0v) is 10.3. The highest BCUT2D eigenvalue weighted by Crippen LogP contribution is 2.25. The van der Waals surface area contributed by atoms with Gasteiger partial charge in [0.15, 0.2) is 0 Å². The second-order valence-electron chi connectivity index (χ2n) is 4.32. The van der Waals surface area contributed by atoms with Crippen LogP contribution in [0.4, 0.5) is 11.6 Å². The van der Waals surface area contributed by atoms with Gasteiger partial charge in [0.05, 0.1) is 0 Å². The summed E-state index contributed by atoms with van der Waals surface area (Å²) in [5, 5.41) is 3.10. The number of hydrogen-bond acceptors (Lipinski definition) is 4. The topological polar surface area (TPSA) is 41.1 Å². The quantitative estimate of drug-likeness (QED) is 0.846. The summed E-state index contributed by atoms with van der Waals surface area (Å²) in [6, 6.07) is 2.64. The molecule has 88 valence electrons. The molecule has 0 saturated carbocycles. The Morgan fingerprint density at radius 2 is 2.31 bits per heavy atom. The van der Waals surface area contributed by atoms with Crippen molar-refractivity contribution in [1.29, 1.82) is 0 Å². The smallest absolute Gasteiger partial charge is 0.134 e. The van der Waals surface area contributed by atoms with Crippen LogP contribution in [0.2, 0.25) is 0 Å². The highest BCUT2D eigenvalue weighted by atomic mass is 15.2. The lowest BCUT2D eigenvalue weighted by atomic mass is 10.2. The van der Waals surface area contributed by atoms with E-state index in [4.69, 9.17) is 0 Å². The minimum atomic E-state index is 0.601. The number of nitrogens with zero attached hydrogens (tertiary/aromatic N) is 3. The summed E-state index contributed by atoms with van der Waals surface area (Å²) < 4.78 is 0. The number of aromatic nitrogens is 2. The van der Waals surface area contributed by atoms with E-state index in [0.29, 0.717) is 6.04 Å². The first-order valence-corrected chi connectivity index (χ1v) is 6.07.